The molecular weight excluding hydrogens is 267 g/mol. The molecule has 2 fully saturated rings. The quantitative estimate of drug-likeness (QED) is 0.678. The monoisotopic (exact) mass is 280 g/mol. The van der Waals surface area contributed by atoms with E-state index in [9.17, 15) is 13.6 Å². The summed E-state index contributed by atoms with van der Waals surface area (Å²) < 4.78 is 25.4. The van der Waals surface area contributed by atoms with Crippen LogP contribution in [-0.4, -0.2) is 32.0 Å². The Balaban J connectivity index is 1.58. The maximum atomic E-state index is 12.7. The molecule has 1 N–H and O–H groups in total. The lowest BCUT2D eigenvalue weighted by Crippen LogP contribution is -2.50. The number of alkyl halides is 2. The van der Waals surface area contributed by atoms with Gasteiger partial charge in [0.1, 0.15) is 0 Å². The molecule has 4 nitrogen and oxygen atoms in total. The van der Waals surface area contributed by atoms with Gasteiger partial charge < -0.3 is 10.1 Å². The molecule has 2 aliphatic rings. The van der Waals surface area contributed by atoms with Gasteiger partial charge in [-0.1, -0.05) is 12.1 Å². The zero-order valence-corrected chi connectivity index (χ0v) is 10.6. The van der Waals surface area contributed by atoms with Gasteiger partial charge in [0, 0.05) is 30.3 Å². The van der Waals surface area contributed by atoms with Gasteiger partial charge in [-0.25, -0.2) is 8.78 Å². The van der Waals surface area contributed by atoms with Gasteiger partial charge in [-0.2, -0.15) is 0 Å². The minimum atomic E-state index is -2.62. The molecule has 1 radical (unpaired) electrons. The van der Waals surface area contributed by atoms with Crippen LogP contribution in [0.15, 0.2) is 24.3 Å². The zero-order chi connectivity index (χ0) is 14.2. The normalized spacial score (nSPS) is 24.8. The molecule has 0 aromatic heterocycles. The smallest absolute Gasteiger partial charge is 0.349 e. The number of rotatable bonds is 3. The van der Waals surface area contributed by atoms with E-state index in [1.165, 1.54) is 0 Å². The van der Waals surface area contributed by atoms with Crippen molar-refractivity contribution in [1.29, 1.82) is 0 Å². The largest absolute Gasteiger partial charge is 0.354 e. The van der Waals surface area contributed by atoms with Crippen LogP contribution in [0.5, 0.6) is 0 Å². The van der Waals surface area contributed by atoms with Crippen LogP contribution in [0.25, 0.3) is 0 Å². The van der Waals surface area contributed by atoms with Crippen molar-refractivity contribution in [2.75, 3.05) is 6.61 Å². The molecule has 3 rings (SSSR count). The topological polar surface area (TPSA) is 47.6 Å². The third-order valence-corrected chi connectivity index (χ3v) is 3.56. The molecule has 105 valence electrons. The second kappa shape index (κ2) is 5.14. The van der Waals surface area contributed by atoms with Gasteiger partial charge in [0.15, 0.2) is 0 Å². The molecule has 1 aromatic carbocycles. The highest BCUT2D eigenvalue weighted by molar-refractivity contribution is 6.30. The van der Waals surface area contributed by atoms with E-state index in [0.717, 1.165) is 5.56 Å². The summed E-state index contributed by atoms with van der Waals surface area (Å²) in [5.74, 6) is -2.89. The summed E-state index contributed by atoms with van der Waals surface area (Å²) in [6.45, 7) is 0.447. The lowest BCUT2D eigenvalue weighted by Gasteiger charge is -2.35. The van der Waals surface area contributed by atoms with Crippen LogP contribution in [0.3, 0.4) is 0 Å². The molecular formula is C13H13BF2NO3. The summed E-state index contributed by atoms with van der Waals surface area (Å²) in [4.78, 5) is 21.4. The van der Waals surface area contributed by atoms with Crippen LogP contribution in [0.2, 0.25) is 0 Å². The highest BCUT2D eigenvalue weighted by Crippen LogP contribution is 2.37. The second-order valence-electron chi connectivity index (χ2n) is 5.18. The Morgan fingerprint density at radius 3 is 2.55 bits per heavy atom. The maximum absolute atomic E-state index is 12.7. The van der Waals surface area contributed by atoms with Crippen LogP contribution >= 0.6 is 0 Å². The van der Waals surface area contributed by atoms with Gasteiger partial charge in [0.2, 0.25) is 0 Å². The average Bonchev–Trinajstić information content (AvgIpc) is 2.90. The molecule has 1 unspecified atom stereocenters. The molecule has 1 aliphatic heterocycles. The van der Waals surface area contributed by atoms with Gasteiger partial charge in [0.25, 0.3) is 11.8 Å². The van der Waals surface area contributed by atoms with Crippen LogP contribution < -0.4 is 5.32 Å². The van der Waals surface area contributed by atoms with Crippen molar-refractivity contribution in [2.24, 2.45) is 0 Å². The molecule has 1 heterocycles. The Hall–Kier alpha value is -1.47. The molecule has 1 aromatic rings. The SMILES string of the molecule is O=C(NC1CC(F)(F)C1)c1ccc(C2[B]OOC2)cc1. The van der Waals surface area contributed by atoms with Gasteiger partial charge in [0.05, 0.1) is 6.61 Å². The lowest BCUT2D eigenvalue weighted by atomic mass is 9.76. The average molecular weight is 280 g/mol. The number of halogens is 2. The molecule has 20 heavy (non-hydrogen) atoms. The van der Waals surface area contributed by atoms with E-state index >= 15 is 0 Å². The number of carbonyl (C=O) groups is 1. The Labute approximate surface area is 115 Å². The third kappa shape index (κ3) is 2.83. The highest BCUT2D eigenvalue weighted by Gasteiger charge is 2.45. The van der Waals surface area contributed by atoms with Crippen molar-refractivity contribution in [3.63, 3.8) is 0 Å². The molecule has 1 amide bonds. The Bertz CT molecular complexity index is 495. The fraction of sp³-hybridized carbons (Fsp3) is 0.462. The first kappa shape index (κ1) is 13.5. The fourth-order valence-electron chi connectivity index (χ4n) is 2.35. The van der Waals surface area contributed by atoms with Crippen molar-refractivity contribution in [1.82, 2.24) is 5.32 Å². The van der Waals surface area contributed by atoms with Crippen molar-refractivity contribution in [3.8, 4) is 0 Å². The van der Waals surface area contributed by atoms with Crippen molar-refractivity contribution < 1.29 is 23.3 Å². The lowest BCUT2D eigenvalue weighted by molar-refractivity contribution is -0.183. The summed E-state index contributed by atoms with van der Waals surface area (Å²) in [5, 5.41) is 2.60. The van der Waals surface area contributed by atoms with E-state index in [1.54, 1.807) is 19.6 Å². The minimum Gasteiger partial charge on any atom is -0.349 e. The summed E-state index contributed by atoms with van der Waals surface area (Å²) in [6.07, 6.45) is -0.551. The third-order valence-electron chi connectivity index (χ3n) is 3.56. The van der Waals surface area contributed by atoms with E-state index in [1.807, 2.05) is 12.1 Å². The second-order valence-corrected chi connectivity index (χ2v) is 5.18. The van der Waals surface area contributed by atoms with Crippen molar-refractivity contribution in [3.05, 3.63) is 35.4 Å². The van der Waals surface area contributed by atoms with Crippen molar-refractivity contribution in [2.45, 2.75) is 30.6 Å². The number of hydrogen-bond acceptors (Lipinski definition) is 3. The standard InChI is InChI=1S/C13H13BF2NO3/c15-13(16)5-10(6-13)17-12(18)9-3-1-8(2-4-9)11-7-19-20-14-11/h1-4,10-11H,5-7H2,(H,17,18). The fourth-order valence-corrected chi connectivity index (χ4v) is 2.35. The van der Waals surface area contributed by atoms with Crippen LogP contribution in [0.1, 0.15) is 34.6 Å². The van der Waals surface area contributed by atoms with Crippen molar-refractivity contribution >= 4 is 13.4 Å². The molecule has 7 heteroatoms. The summed E-state index contributed by atoms with van der Waals surface area (Å²) in [5.41, 5.74) is 1.44. The molecule has 1 atom stereocenters. The number of carbonyl (C=O) groups excluding carboxylic acids is 1. The van der Waals surface area contributed by atoms with E-state index in [2.05, 4.69) is 5.32 Å². The maximum Gasteiger partial charge on any atom is 0.354 e. The predicted octanol–water partition coefficient (Wildman–Crippen LogP) is 1.84. The van der Waals surface area contributed by atoms with Crippen LogP contribution in [-0.2, 0) is 9.69 Å². The minimum absolute atomic E-state index is 0.0532. The number of benzene rings is 1. The van der Waals surface area contributed by atoms with E-state index in [0.29, 0.717) is 12.2 Å². The molecule has 1 saturated carbocycles. The Morgan fingerprint density at radius 1 is 1.30 bits per heavy atom. The zero-order valence-electron chi connectivity index (χ0n) is 10.6. The first-order valence-electron chi connectivity index (χ1n) is 6.44. The first-order valence-corrected chi connectivity index (χ1v) is 6.44. The van der Waals surface area contributed by atoms with Gasteiger partial charge in [-0.15, -0.1) is 0 Å². The molecule has 0 spiro atoms. The van der Waals surface area contributed by atoms with Gasteiger partial charge in [-0.05, 0) is 17.7 Å². The van der Waals surface area contributed by atoms with E-state index < -0.39 is 12.0 Å². The number of amides is 1. The Kier molecular flexibility index (Phi) is 3.47. The van der Waals surface area contributed by atoms with E-state index in [-0.39, 0.29) is 24.6 Å². The highest BCUT2D eigenvalue weighted by atomic mass is 19.3. The molecule has 1 aliphatic carbocycles. The van der Waals surface area contributed by atoms with Crippen LogP contribution in [0.4, 0.5) is 8.78 Å². The molecule has 1 saturated heterocycles. The molecule has 0 bridgehead atoms. The first-order chi connectivity index (χ1) is 9.53. The van der Waals surface area contributed by atoms with Gasteiger partial charge >= 0.3 is 7.48 Å². The van der Waals surface area contributed by atoms with E-state index in [4.69, 9.17) is 9.69 Å². The number of nitrogens with one attached hydrogen (secondary N) is 1. The van der Waals surface area contributed by atoms with Gasteiger partial charge in [-0.3, -0.25) is 9.68 Å². The number of hydrogen-bond donors (Lipinski definition) is 1. The predicted molar refractivity (Wildman–Crippen MR) is 67.4 cm³/mol. The summed E-state index contributed by atoms with van der Waals surface area (Å²) in [6, 6.07) is 6.54. The summed E-state index contributed by atoms with van der Waals surface area (Å²) in [7, 11) is 1.59. The van der Waals surface area contributed by atoms with Crippen LogP contribution in [0, 0.1) is 0 Å². The summed E-state index contributed by atoms with van der Waals surface area (Å²) >= 11 is 0. The Morgan fingerprint density at radius 2 is 2.00 bits per heavy atom.